The number of nitrogens with zero attached hydrogens (tertiary/aromatic N) is 2. The van der Waals surface area contributed by atoms with Gasteiger partial charge in [-0.2, -0.15) is 0 Å². The third kappa shape index (κ3) is 3.71. The van der Waals surface area contributed by atoms with Crippen molar-refractivity contribution in [2.45, 2.75) is 32.4 Å². The molecule has 1 aliphatic heterocycles. The predicted molar refractivity (Wildman–Crippen MR) is 121 cm³/mol. The number of rotatable bonds is 3. The summed E-state index contributed by atoms with van der Waals surface area (Å²) in [5, 5.41) is 0.557. The molecule has 0 saturated carbocycles. The van der Waals surface area contributed by atoms with E-state index in [1.54, 1.807) is 11.8 Å². The van der Waals surface area contributed by atoms with Crippen LogP contribution in [0.1, 0.15) is 42.2 Å². The molecule has 2 atom stereocenters. The smallest absolute Gasteiger partial charge is 0.258 e. The average molecular weight is 419 g/mol. The van der Waals surface area contributed by atoms with Gasteiger partial charge in [0.2, 0.25) is 5.91 Å². The zero-order valence-corrected chi connectivity index (χ0v) is 17.7. The first-order valence-corrected chi connectivity index (χ1v) is 10.4. The van der Waals surface area contributed by atoms with Gasteiger partial charge in [-0.3, -0.25) is 9.59 Å². The molecular weight excluding hydrogens is 396 g/mol. The SMILES string of the molecule is CC(=O)N(c1ccccc1)[C@@H]1C[C@H](C)N(C(=O)c2ccccc2)c2cc(Cl)ccc21. The second kappa shape index (κ2) is 8.33. The summed E-state index contributed by atoms with van der Waals surface area (Å²) in [6.07, 6.45) is 0.627. The zero-order chi connectivity index (χ0) is 21.3. The molecule has 0 aromatic heterocycles. The topological polar surface area (TPSA) is 40.6 Å². The van der Waals surface area contributed by atoms with E-state index in [1.165, 1.54) is 0 Å². The molecule has 0 unspecified atom stereocenters. The van der Waals surface area contributed by atoms with E-state index in [0.717, 1.165) is 16.9 Å². The van der Waals surface area contributed by atoms with Gasteiger partial charge in [0.05, 0.1) is 11.7 Å². The first-order chi connectivity index (χ1) is 14.5. The van der Waals surface area contributed by atoms with Crippen LogP contribution >= 0.6 is 11.6 Å². The number of para-hydroxylation sites is 1. The molecule has 3 aromatic carbocycles. The van der Waals surface area contributed by atoms with Crippen molar-refractivity contribution in [1.82, 2.24) is 0 Å². The van der Waals surface area contributed by atoms with Crippen LogP contribution in [0.5, 0.6) is 0 Å². The van der Waals surface area contributed by atoms with Crippen LogP contribution in [0, 0.1) is 0 Å². The summed E-state index contributed by atoms with van der Waals surface area (Å²) in [5.41, 5.74) is 3.13. The summed E-state index contributed by atoms with van der Waals surface area (Å²) < 4.78 is 0. The second-order valence-electron chi connectivity index (χ2n) is 7.57. The fourth-order valence-corrected chi connectivity index (χ4v) is 4.41. The summed E-state index contributed by atoms with van der Waals surface area (Å²) in [5.74, 6) is -0.110. The summed E-state index contributed by atoms with van der Waals surface area (Å²) in [4.78, 5) is 29.7. The fraction of sp³-hybridized carbons (Fsp3) is 0.200. The molecule has 0 radical (unpaired) electrons. The molecule has 2 amide bonds. The van der Waals surface area contributed by atoms with Crippen molar-refractivity contribution >= 4 is 34.8 Å². The Morgan fingerprint density at radius 2 is 1.60 bits per heavy atom. The molecular formula is C25H23ClN2O2. The maximum Gasteiger partial charge on any atom is 0.258 e. The lowest BCUT2D eigenvalue weighted by molar-refractivity contribution is -0.117. The van der Waals surface area contributed by atoms with Gasteiger partial charge in [0, 0.05) is 29.2 Å². The van der Waals surface area contributed by atoms with Crippen LogP contribution < -0.4 is 9.80 Å². The van der Waals surface area contributed by atoms with E-state index in [2.05, 4.69) is 0 Å². The first kappa shape index (κ1) is 20.2. The molecule has 0 fully saturated rings. The molecule has 1 aliphatic rings. The van der Waals surface area contributed by atoms with Gasteiger partial charge < -0.3 is 9.80 Å². The molecule has 0 saturated heterocycles. The van der Waals surface area contributed by atoms with Crippen molar-refractivity contribution in [2.75, 3.05) is 9.80 Å². The van der Waals surface area contributed by atoms with Gasteiger partial charge in [0.15, 0.2) is 0 Å². The lowest BCUT2D eigenvalue weighted by Gasteiger charge is -2.43. The Morgan fingerprint density at radius 1 is 0.967 bits per heavy atom. The Hall–Kier alpha value is -3.11. The number of halogens is 1. The van der Waals surface area contributed by atoms with Gasteiger partial charge in [-0.25, -0.2) is 0 Å². The minimum absolute atomic E-state index is 0.0397. The third-order valence-electron chi connectivity index (χ3n) is 5.54. The van der Waals surface area contributed by atoms with Crippen LogP contribution in [-0.2, 0) is 4.79 Å². The Kier molecular flexibility index (Phi) is 5.60. The third-order valence-corrected chi connectivity index (χ3v) is 5.78. The second-order valence-corrected chi connectivity index (χ2v) is 8.01. The maximum absolute atomic E-state index is 13.4. The van der Waals surface area contributed by atoms with Crippen LogP contribution in [0.3, 0.4) is 0 Å². The van der Waals surface area contributed by atoms with E-state index in [9.17, 15) is 9.59 Å². The van der Waals surface area contributed by atoms with Crippen LogP contribution in [-0.4, -0.2) is 17.9 Å². The van der Waals surface area contributed by atoms with E-state index in [0.29, 0.717) is 17.0 Å². The molecule has 1 heterocycles. The molecule has 0 aliphatic carbocycles. The number of fused-ring (bicyclic) bond motifs is 1. The van der Waals surface area contributed by atoms with Gasteiger partial charge >= 0.3 is 0 Å². The van der Waals surface area contributed by atoms with Crippen molar-refractivity contribution < 1.29 is 9.59 Å². The summed E-state index contributed by atoms with van der Waals surface area (Å²) >= 11 is 6.33. The molecule has 4 rings (SSSR count). The normalized spacial score (nSPS) is 17.9. The van der Waals surface area contributed by atoms with Crippen molar-refractivity contribution in [1.29, 1.82) is 0 Å². The van der Waals surface area contributed by atoms with E-state index in [4.69, 9.17) is 11.6 Å². The van der Waals surface area contributed by atoms with Crippen LogP contribution in [0.4, 0.5) is 11.4 Å². The number of benzene rings is 3. The Balaban J connectivity index is 1.82. The van der Waals surface area contributed by atoms with Crippen LogP contribution in [0.25, 0.3) is 0 Å². The molecule has 5 heteroatoms. The molecule has 30 heavy (non-hydrogen) atoms. The van der Waals surface area contributed by atoms with Gasteiger partial charge in [0.1, 0.15) is 0 Å². The predicted octanol–water partition coefficient (Wildman–Crippen LogP) is 5.87. The number of hydrogen-bond donors (Lipinski definition) is 0. The molecule has 4 nitrogen and oxygen atoms in total. The van der Waals surface area contributed by atoms with E-state index in [-0.39, 0.29) is 23.9 Å². The standard InChI is InChI=1S/C25H23ClN2O2/c1-17-15-23(28(18(2)29)21-11-7-4-8-12-21)22-14-13-20(26)16-24(22)27(17)25(30)19-9-5-3-6-10-19/h3-14,16-17,23H,15H2,1-2H3/t17-,23+/m0/s1. The lowest BCUT2D eigenvalue weighted by atomic mass is 9.89. The quantitative estimate of drug-likeness (QED) is 0.533. The highest BCUT2D eigenvalue weighted by Crippen LogP contribution is 2.43. The number of carbonyl (C=O) groups is 2. The van der Waals surface area contributed by atoms with Crippen molar-refractivity contribution in [3.63, 3.8) is 0 Å². The van der Waals surface area contributed by atoms with Gasteiger partial charge in [-0.15, -0.1) is 0 Å². The highest BCUT2D eigenvalue weighted by Gasteiger charge is 2.38. The monoisotopic (exact) mass is 418 g/mol. The Bertz CT molecular complexity index is 1070. The minimum atomic E-state index is -0.188. The van der Waals surface area contributed by atoms with E-state index < -0.39 is 0 Å². The number of carbonyl (C=O) groups excluding carboxylic acids is 2. The van der Waals surface area contributed by atoms with Gasteiger partial charge in [-0.1, -0.05) is 54.1 Å². The van der Waals surface area contributed by atoms with Gasteiger partial charge in [-0.05, 0) is 55.3 Å². The molecule has 152 valence electrons. The molecule has 0 bridgehead atoms. The first-order valence-electron chi connectivity index (χ1n) is 10.00. The highest BCUT2D eigenvalue weighted by molar-refractivity contribution is 6.31. The summed E-state index contributed by atoms with van der Waals surface area (Å²) in [6.45, 7) is 3.59. The minimum Gasteiger partial charge on any atom is -0.305 e. The van der Waals surface area contributed by atoms with E-state index in [1.807, 2.05) is 90.7 Å². The number of hydrogen-bond acceptors (Lipinski definition) is 2. The Morgan fingerprint density at radius 3 is 2.23 bits per heavy atom. The van der Waals surface area contributed by atoms with Crippen LogP contribution in [0.15, 0.2) is 78.9 Å². The summed E-state index contributed by atoms with van der Waals surface area (Å²) in [6, 6.07) is 24.2. The lowest BCUT2D eigenvalue weighted by Crippen LogP contribution is -2.47. The molecule has 3 aromatic rings. The molecule has 0 N–H and O–H groups in total. The Labute approximate surface area is 181 Å². The number of amides is 2. The largest absolute Gasteiger partial charge is 0.305 e. The maximum atomic E-state index is 13.4. The van der Waals surface area contributed by atoms with Gasteiger partial charge in [0.25, 0.3) is 5.91 Å². The average Bonchev–Trinajstić information content (AvgIpc) is 2.74. The highest BCUT2D eigenvalue weighted by atomic mass is 35.5. The fourth-order valence-electron chi connectivity index (χ4n) is 4.24. The van der Waals surface area contributed by atoms with E-state index >= 15 is 0 Å². The van der Waals surface area contributed by atoms with Crippen molar-refractivity contribution in [2.24, 2.45) is 0 Å². The van der Waals surface area contributed by atoms with Crippen LogP contribution in [0.2, 0.25) is 5.02 Å². The zero-order valence-electron chi connectivity index (χ0n) is 17.0. The molecule has 0 spiro atoms. The summed E-state index contributed by atoms with van der Waals surface area (Å²) in [7, 11) is 0. The van der Waals surface area contributed by atoms with Crippen molar-refractivity contribution in [3.05, 3.63) is 95.0 Å². The van der Waals surface area contributed by atoms with Crippen molar-refractivity contribution in [3.8, 4) is 0 Å². The number of anilines is 2.